The fraction of sp³-hybridized carbons (Fsp3) is 0.625. The third-order valence-electron chi connectivity index (χ3n) is 4.66. The summed E-state index contributed by atoms with van der Waals surface area (Å²) in [6.45, 7) is 3.61. The van der Waals surface area contributed by atoms with Gasteiger partial charge in [-0.15, -0.1) is 0 Å². The fourth-order valence-electron chi connectivity index (χ4n) is 3.33. The molecule has 1 unspecified atom stereocenters. The van der Waals surface area contributed by atoms with Crippen LogP contribution in [-0.2, 0) is 4.74 Å². The minimum absolute atomic E-state index is 0.200. The molecule has 3 rings (SSSR count). The van der Waals surface area contributed by atoms with Crippen LogP contribution >= 0.6 is 0 Å². The Hall–Kier alpha value is -1.00. The number of benzene rings is 1. The first-order chi connectivity index (χ1) is 9.58. The lowest BCUT2D eigenvalue weighted by atomic mass is 9.78. The first kappa shape index (κ1) is 14.0. The minimum atomic E-state index is -0.415. The van der Waals surface area contributed by atoms with Gasteiger partial charge in [0.2, 0.25) is 0 Å². The maximum atomic E-state index is 13.9. The third kappa shape index (κ3) is 2.72. The van der Waals surface area contributed by atoms with Crippen molar-refractivity contribution in [2.45, 2.75) is 44.3 Å². The van der Waals surface area contributed by atoms with Crippen molar-refractivity contribution in [2.24, 2.45) is 5.92 Å². The average molecular weight is 281 g/mol. The third-order valence-corrected chi connectivity index (χ3v) is 4.66. The molecule has 1 atom stereocenters. The van der Waals surface area contributed by atoms with Crippen LogP contribution < -0.4 is 5.32 Å². The summed E-state index contributed by atoms with van der Waals surface area (Å²) in [6, 6.07) is 3.58. The second kappa shape index (κ2) is 5.41. The molecular formula is C16H21F2NO. The predicted molar refractivity (Wildman–Crippen MR) is 73.4 cm³/mol. The molecule has 1 saturated heterocycles. The Morgan fingerprint density at radius 1 is 1.25 bits per heavy atom. The summed E-state index contributed by atoms with van der Waals surface area (Å²) < 4.78 is 33.5. The highest BCUT2D eigenvalue weighted by Gasteiger charge is 2.40. The molecule has 1 spiro atoms. The number of halogens is 2. The van der Waals surface area contributed by atoms with Crippen LogP contribution in [-0.4, -0.2) is 18.7 Å². The van der Waals surface area contributed by atoms with E-state index >= 15 is 0 Å². The molecule has 1 aliphatic carbocycles. The van der Waals surface area contributed by atoms with Gasteiger partial charge in [0.1, 0.15) is 11.6 Å². The summed E-state index contributed by atoms with van der Waals surface area (Å²) in [5.74, 6) is -0.0724. The summed E-state index contributed by atoms with van der Waals surface area (Å²) in [7, 11) is 0. The first-order valence-electron chi connectivity index (χ1n) is 7.41. The Labute approximate surface area is 118 Å². The number of rotatable bonds is 1. The van der Waals surface area contributed by atoms with E-state index in [0.29, 0.717) is 12.1 Å². The Morgan fingerprint density at radius 3 is 2.75 bits per heavy atom. The van der Waals surface area contributed by atoms with Crippen LogP contribution in [0.1, 0.15) is 44.3 Å². The second-order valence-corrected chi connectivity index (χ2v) is 6.27. The molecule has 4 heteroatoms. The van der Waals surface area contributed by atoms with Crippen molar-refractivity contribution < 1.29 is 13.5 Å². The molecular weight excluding hydrogens is 260 g/mol. The minimum Gasteiger partial charge on any atom is -0.364 e. The van der Waals surface area contributed by atoms with E-state index in [1.807, 2.05) is 0 Å². The zero-order valence-corrected chi connectivity index (χ0v) is 11.8. The SMILES string of the molecule is CC1CCC2(CC1)CNCC(c1cc(F)ccc1F)O2. The van der Waals surface area contributed by atoms with Crippen LogP contribution in [0, 0.1) is 17.6 Å². The molecule has 0 amide bonds. The Kier molecular flexibility index (Phi) is 3.78. The van der Waals surface area contributed by atoms with Gasteiger partial charge in [0.25, 0.3) is 0 Å². The van der Waals surface area contributed by atoms with Gasteiger partial charge < -0.3 is 10.1 Å². The maximum Gasteiger partial charge on any atom is 0.129 e. The van der Waals surface area contributed by atoms with Crippen LogP contribution in [0.3, 0.4) is 0 Å². The van der Waals surface area contributed by atoms with E-state index in [9.17, 15) is 8.78 Å². The van der Waals surface area contributed by atoms with Crippen molar-refractivity contribution in [3.8, 4) is 0 Å². The van der Waals surface area contributed by atoms with E-state index in [2.05, 4.69) is 12.2 Å². The van der Waals surface area contributed by atoms with Crippen molar-refractivity contribution in [2.75, 3.05) is 13.1 Å². The van der Waals surface area contributed by atoms with Gasteiger partial charge in [0.05, 0.1) is 11.7 Å². The molecule has 1 saturated carbocycles. The summed E-state index contributed by atoms with van der Waals surface area (Å²) in [6.07, 6.45) is 3.87. The quantitative estimate of drug-likeness (QED) is 0.849. The highest BCUT2D eigenvalue weighted by molar-refractivity contribution is 5.22. The number of morpholine rings is 1. The molecule has 2 fully saturated rings. The molecule has 0 radical (unpaired) electrons. The number of ether oxygens (including phenoxy) is 1. The van der Waals surface area contributed by atoms with E-state index in [0.717, 1.165) is 44.2 Å². The lowest BCUT2D eigenvalue weighted by Crippen LogP contribution is -2.52. The number of hydrogen-bond acceptors (Lipinski definition) is 2. The van der Waals surface area contributed by atoms with Gasteiger partial charge in [0.15, 0.2) is 0 Å². The molecule has 20 heavy (non-hydrogen) atoms. The average Bonchev–Trinajstić information content (AvgIpc) is 2.45. The van der Waals surface area contributed by atoms with Crippen molar-refractivity contribution in [3.63, 3.8) is 0 Å². The molecule has 110 valence electrons. The van der Waals surface area contributed by atoms with E-state index in [-0.39, 0.29) is 11.4 Å². The summed E-state index contributed by atoms with van der Waals surface area (Å²) in [5.41, 5.74) is 0.129. The lowest BCUT2D eigenvalue weighted by Gasteiger charge is -2.45. The van der Waals surface area contributed by atoms with Crippen molar-refractivity contribution in [3.05, 3.63) is 35.4 Å². The van der Waals surface area contributed by atoms with Crippen molar-refractivity contribution >= 4 is 0 Å². The highest BCUT2D eigenvalue weighted by Crippen LogP contribution is 2.40. The fourth-order valence-corrected chi connectivity index (χ4v) is 3.33. The van der Waals surface area contributed by atoms with Gasteiger partial charge in [-0.1, -0.05) is 6.92 Å². The molecule has 1 heterocycles. The van der Waals surface area contributed by atoms with E-state index in [4.69, 9.17) is 4.74 Å². The van der Waals surface area contributed by atoms with Crippen LogP contribution in [0.2, 0.25) is 0 Å². The standard InChI is InChI=1S/C16H21F2NO/c1-11-4-6-16(7-5-11)10-19-9-15(20-16)13-8-12(17)2-3-14(13)18/h2-3,8,11,15,19H,4-7,9-10H2,1H3. The topological polar surface area (TPSA) is 21.3 Å². The number of nitrogens with one attached hydrogen (secondary N) is 1. The molecule has 0 aromatic heterocycles. The molecule has 1 N–H and O–H groups in total. The van der Waals surface area contributed by atoms with Crippen LogP contribution in [0.5, 0.6) is 0 Å². The molecule has 2 nitrogen and oxygen atoms in total. The smallest absolute Gasteiger partial charge is 0.129 e. The molecule has 0 bridgehead atoms. The summed E-state index contributed by atoms with van der Waals surface area (Å²) in [4.78, 5) is 0. The van der Waals surface area contributed by atoms with Gasteiger partial charge in [-0.2, -0.15) is 0 Å². The Balaban J connectivity index is 1.79. The van der Waals surface area contributed by atoms with Gasteiger partial charge in [-0.3, -0.25) is 0 Å². The van der Waals surface area contributed by atoms with E-state index < -0.39 is 11.9 Å². The molecule has 1 aliphatic heterocycles. The lowest BCUT2D eigenvalue weighted by molar-refractivity contribution is -0.141. The van der Waals surface area contributed by atoms with Crippen LogP contribution in [0.4, 0.5) is 8.78 Å². The highest BCUT2D eigenvalue weighted by atomic mass is 19.1. The van der Waals surface area contributed by atoms with E-state index in [1.165, 1.54) is 12.1 Å². The zero-order chi connectivity index (χ0) is 14.2. The summed E-state index contributed by atoms with van der Waals surface area (Å²) in [5, 5.41) is 3.34. The Morgan fingerprint density at radius 2 is 2.00 bits per heavy atom. The van der Waals surface area contributed by atoms with Gasteiger partial charge >= 0.3 is 0 Å². The van der Waals surface area contributed by atoms with Crippen molar-refractivity contribution in [1.29, 1.82) is 0 Å². The van der Waals surface area contributed by atoms with E-state index in [1.54, 1.807) is 0 Å². The molecule has 1 aromatic carbocycles. The van der Waals surface area contributed by atoms with Crippen LogP contribution in [0.15, 0.2) is 18.2 Å². The molecule has 2 aliphatic rings. The van der Waals surface area contributed by atoms with Gasteiger partial charge in [-0.05, 0) is 49.8 Å². The Bertz CT molecular complexity index is 483. The maximum absolute atomic E-state index is 13.9. The van der Waals surface area contributed by atoms with Crippen LogP contribution in [0.25, 0.3) is 0 Å². The number of hydrogen-bond donors (Lipinski definition) is 1. The zero-order valence-electron chi connectivity index (χ0n) is 11.8. The first-order valence-corrected chi connectivity index (χ1v) is 7.41. The normalized spacial score (nSPS) is 34.4. The van der Waals surface area contributed by atoms with Gasteiger partial charge in [0, 0.05) is 18.7 Å². The molecule has 1 aromatic rings. The van der Waals surface area contributed by atoms with Crippen molar-refractivity contribution in [1.82, 2.24) is 5.32 Å². The largest absolute Gasteiger partial charge is 0.364 e. The van der Waals surface area contributed by atoms with Gasteiger partial charge in [-0.25, -0.2) is 8.78 Å². The second-order valence-electron chi connectivity index (χ2n) is 6.27. The summed E-state index contributed by atoms with van der Waals surface area (Å²) >= 11 is 0. The monoisotopic (exact) mass is 281 g/mol. The predicted octanol–water partition coefficient (Wildman–Crippen LogP) is 3.57.